The van der Waals surface area contributed by atoms with Crippen LogP contribution in [-0.4, -0.2) is 11.7 Å². The maximum atomic E-state index is 12.3. The zero-order chi connectivity index (χ0) is 11.2. The van der Waals surface area contributed by atoms with Crippen molar-refractivity contribution in [2.75, 3.05) is 0 Å². The van der Waals surface area contributed by atoms with Gasteiger partial charge in [-0.05, 0) is 18.2 Å². The molecule has 0 radical (unpaired) electrons. The third-order valence-electron chi connectivity index (χ3n) is 2.14. The van der Waals surface area contributed by atoms with Crippen molar-refractivity contribution < 1.29 is 13.2 Å². The molecule has 2 rings (SSSR count). The third kappa shape index (κ3) is 1.47. The molecular formula is C9H6F3N3. The molecule has 3 nitrogen and oxygen atoms in total. The molecule has 0 aromatic heterocycles. The van der Waals surface area contributed by atoms with Crippen LogP contribution in [0, 0.1) is 10.8 Å². The molecule has 1 heterocycles. The molecule has 0 saturated heterocycles. The van der Waals surface area contributed by atoms with E-state index in [9.17, 15) is 13.2 Å². The molecule has 0 fully saturated rings. The van der Waals surface area contributed by atoms with Gasteiger partial charge in [0.1, 0.15) is 11.7 Å². The van der Waals surface area contributed by atoms with Crippen LogP contribution < -0.4 is 5.32 Å². The molecule has 1 aromatic rings. The standard InChI is InChI=1S/C9H6F3N3/c10-9(11,12)4-1-2-5-6(3-4)8(14)15-7(5)13/h1-3H,(H3,13,14,15). The molecule has 0 atom stereocenters. The summed E-state index contributed by atoms with van der Waals surface area (Å²) in [5, 5.41) is 17.1. The van der Waals surface area contributed by atoms with Gasteiger partial charge in [0.25, 0.3) is 0 Å². The van der Waals surface area contributed by atoms with Gasteiger partial charge in [-0.2, -0.15) is 13.2 Å². The first-order valence-electron chi connectivity index (χ1n) is 4.05. The number of rotatable bonds is 0. The maximum Gasteiger partial charge on any atom is 0.416 e. The molecule has 0 saturated carbocycles. The van der Waals surface area contributed by atoms with Crippen LogP contribution in [0.3, 0.4) is 0 Å². The first-order valence-corrected chi connectivity index (χ1v) is 4.05. The van der Waals surface area contributed by atoms with E-state index < -0.39 is 11.7 Å². The number of halogens is 3. The van der Waals surface area contributed by atoms with Crippen molar-refractivity contribution in [2.24, 2.45) is 0 Å². The number of hydrogen-bond donors (Lipinski definition) is 3. The number of alkyl halides is 3. The topological polar surface area (TPSA) is 59.7 Å². The lowest BCUT2D eigenvalue weighted by Crippen LogP contribution is -2.20. The van der Waals surface area contributed by atoms with Crippen molar-refractivity contribution in [3.05, 3.63) is 34.9 Å². The van der Waals surface area contributed by atoms with Crippen LogP contribution in [0.4, 0.5) is 13.2 Å². The van der Waals surface area contributed by atoms with Crippen molar-refractivity contribution in [3.63, 3.8) is 0 Å². The Morgan fingerprint density at radius 2 is 1.60 bits per heavy atom. The largest absolute Gasteiger partial charge is 0.416 e. The van der Waals surface area contributed by atoms with Crippen molar-refractivity contribution in [1.82, 2.24) is 5.32 Å². The smallest absolute Gasteiger partial charge is 0.325 e. The second-order valence-corrected chi connectivity index (χ2v) is 3.13. The minimum atomic E-state index is -4.42. The van der Waals surface area contributed by atoms with Crippen LogP contribution in [0.5, 0.6) is 0 Å². The first kappa shape index (κ1) is 9.70. The normalized spacial score (nSPS) is 15.1. The van der Waals surface area contributed by atoms with Gasteiger partial charge >= 0.3 is 6.18 Å². The number of amidine groups is 2. The highest BCUT2D eigenvalue weighted by Gasteiger charge is 2.33. The lowest BCUT2D eigenvalue weighted by Gasteiger charge is -2.07. The highest BCUT2D eigenvalue weighted by atomic mass is 19.4. The minimum absolute atomic E-state index is 0.0382. The van der Waals surface area contributed by atoms with E-state index in [0.29, 0.717) is 5.56 Å². The van der Waals surface area contributed by atoms with E-state index in [1.165, 1.54) is 6.07 Å². The van der Waals surface area contributed by atoms with Crippen LogP contribution in [0.2, 0.25) is 0 Å². The van der Waals surface area contributed by atoms with Gasteiger partial charge in [-0.25, -0.2) is 0 Å². The summed E-state index contributed by atoms with van der Waals surface area (Å²) in [6, 6.07) is 2.99. The van der Waals surface area contributed by atoms with Gasteiger partial charge < -0.3 is 5.32 Å². The van der Waals surface area contributed by atoms with Gasteiger partial charge in [-0.1, -0.05) is 0 Å². The maximum absolute atomic E-state index is 12.3. The second-order valence-electron chi connectivity index (χ2n) is 3.13. The summed E-state index contributed by atoms with van der Waals surface area (Å²) in [7, 11) is 0. The molecule has 3 N–H and O–H groups in total. The fourth-order valence-electron chi connectivity index (χ4n) is 1.41. The van der Waals surface area contributed by atoms with Crippen LogP contribution in [0.1, 0.15) is 16.7 Å². The summed E-state index contributed by atoms with van der Waals surface area (Å²) < 4.78 is 37.0. The Morgan fingerprint density at radius 3 is 2.20 bits per heavy atom. The molecule has 1 aromatic carbocycles. The number of hydrogen-bond acceptors (Lipinski definition) is 2. The molecule has 78 valence electrons. The van der Waals surface area contributed by atoms with E-state index in [0.717, 1.165) is 12.1 Å². The average Bonchev–Trinajstić information content (AvgIpc) is 2.41. The fraction of sp³-hybridized carbons (Fsp3) is 0.111. The number of fused-ring (bicyclic) bond motifs is 1. The molecule has 1 aliphatic heterocycles. The van der Waals surface area contributed by atoms with Crippen LogP contribution >= 0.6 is 0 Å². The van der Waals surface area contributed by atoms with Crippen molar-refractivity contribution >= 4 is 11.7 Å². The Balaban J connectivity index is 2.57. The molecule has 15 heavy (non-hydrogen) atoms. The predicted octanol–water partition coefficient (Wildman–Crippen LogP) is 1.96. The van der Waals surface area contributed by atoms with E-state index in [1.54, 1.807) is 0 Å². The Bertz CT molecular complexity index is 462. The van der Waals surface area contributed by atoms with Crippen LogP contribution in [0.25, 0.3) is 0 Å². The summed E-state index contributed by atoms with van der Waals surface area (Å²) >= 11 is 0. The Labute approximate surface area is 82.9 Å². The van der Waals surface area contributed by atoms with Gasteiger partial charge in [0.05, 0.1) is 5.56 Å². The quantitative estimate of drug-likeness (QED) is 0.606. The molecular weight excluding hydrogens is 207 g/mol. The third-order valence-corrected chi connectivity index (χ3v) is 2.14. The van der Waals surface area contributed by atoms with Gasteiger partial charge in [0.2, 0.25) is 0 Å². The predicted molar refractivity (Wildman–Crippen MR) is 48.2 cm³/mol. The second kappa shape index (κ2) is 2.82. The van der Waals surface area contributed by atoms with Crippen LogP contribution in [0.15, 0.2) is 18.2 Å². The summed E-state index contributed by atoms with van der Waals surface area (Å²) in [4.78, 5) is 0. The summed E-state index contributed by atoms with van der Waals surface area (Å²) in [5.74, 6) is -0.204. The van der Waals surface area contributed by atoms with Crippen molar-refractivity contribution in [1.29, 1.82) is 10.8 Å². The molecule has 0 spiro atoms. The molecule has 0 unspecified atom stereocenters. The monoisotopic (exact) mass is 213 g/mol. The molecule has 1 aliphatic rings. The Kier molecular flexibility index (Phi) is 1.82. The zero-order valence-electron chi connectivity index (χ0n) is 7.37. The highest BCUT2D eigenvalue weighted by Crippen LogP contribution is 2.31. The van der Waals surface area contributed by atoms with E-state index in [-0.39, 0.29) is 17.2 Å². The van der Waals surface area contributed by atoms with E-state index >= 15 is 0 Å². The Morgan fingerprint density at radius 1 is 1.00 bits per heavy atom. The van der Waals surface area contributed by atoms with Crippen LogP contribution in [-0.2, 0) is 6.18 Å². The minimum Gasteiger partial charge on any atom is -0.325 e. The Hall–Kier alpha value is -1.85. The highest BCUT2D eigenvalue weighted by molar-refractivity contribution is 6.23. The molecule has 0 amide bonds. The molecule has 6 heteroatoms. The van der Waals surface area contributed by atoms with Gasteiger partial charge in [0.15, 0.2) is 0 Å². The van der Waals surface area contributed by atoms with E-state index in [4.69, 9.17) is 10.8 Å². The first-order chi connectivity index (χ1) is 6.89. The fourth-order valence-corrected chi connectivity index (χ4v) is 1.41. The summed E-state index contributed by atoms with van der Waals surface area (Å²) in [6.45, 7) is 0. The van der Waals surface area contributed by atoms with E-state index in [1.807, 2.05) is 0 Å². The molecule has 0 aliphatic carbocycles. The number of nitrogens with one attached hydrogen (secondary N) is 3. The van der Waals surface area contributed by atoms with Gasteiger partial charge in [-0.15, -0.1) is 0 Å². The average molecular weight is 213 g/mol. The SMILES string of the molecule is N=C1NC(=N)c2cc(C(F)(F)F)ccc21. The number of benzene rings is 1. The van der Waals surface area contributed by atoms with Crippen molar-refractivity contribution in [3.8, 4) is 0 Å². The zero-order valence-corrected chi connectivity index (χ0v) is 7.37. The summed E-state index contributed by atoms with van der Waals surface area (Å²) in [6.07, 6.45) is -4.42. The summed E-state index contributed by atoms with van der Waals surface area (Å²) in [5.41, 5.74) is -0.356. The van der Waals surface area contributed by atoms with E-state index in [2.05, 4.69) is 5.32 Å². The molecule has 0 bridgehead atoms. The lowest BCUT2D eigenvalue weighted by atomic mass is 10.1. The van der Waals surface area contributed by atoms with Gasteiger partial charge in [0, 0.05) is 11.1 Å². The lowest BCUT2D eigenvalue weighted by molar-refractivity contribution is -0.137. The van der Waals surface area contributed by atoms with Gasteiger partial charge in [-0.3, -0.25) is 10.8 Å². The van der Waals surface area contributed by atoms with Crippen molar-refractivity contribution in [2.45, 2.75) is 6.18 Å².